The van der Waals surface area contributed by atoms with Gasteiger partial charge in [0.1, 0.15) is 11.9 Å². The van der Waals surface area contributed by atoms with Crippen molar-refractivity contribution in [3.63, 3.8) is 0 Å². The molecule has 172 valence electrons. The molecule has 1 atom stereocenters. The van der Waals surface area contributed by atoms with Crippen LogP contribution in [0.4, 0.5) is 22.0 Å². The minimum atomic E-state index is -1.06. The van der Waals surface area contributed by atoms with E-state index in [0.29, 0.717) is 11.4 Å². The monoisotopic (exact) mass is 458 g/mol. The molecule has 8 nitrogen and oxygen atoms in total. The summed E-state index contributed by atoms with van der Waals surface area (Å²) in [5.74, 6) is -1.00. The number of carbonyl (C=O) groups is 1. The van der Waals surface area contributed by atoms with E-state index in [9.17, 15) is 4.79 Å². The number of nitrogens with zero attached hydrogens (tertiary/aromatic N) is 4. The quantitative estimate of drug-likeness (QED) is 0.382. The summed E-state index contributed by atoms with van der Waals surface area (Å²) in [4.78, 5) is 25.3. The maximum atomic E-state index is 15.0. The number of hydrogen-bond donors (Lipinski definition) is 3. The Morgan fingerprint density at radius 3 is 2.29 bits per heavy atom. The minimum Gasteiger partial charge on any atom is -0.480 e. The van der Waals surface area contributed by atoms with Crippen molar-refractivity contribution >= 4 is 23.6 Å². The second kappa shape index (κ2) is 9.63. The molecule has 1 heterocycles. The third-order valence-corrected chi connectivity index (χ3v) is 5.34. The predicted octanol–water partition coefficient (Wildman–Crippen LogP) is 3.65. The van der Waals surface area contributed by atoms with Gasteiger partial charge in [-0.1, -0.05) is 60.7 Å². The minimum absolute atomic E-state index is 0.00913. The molecule has 5 N–H and O–H groups in total. The van der Waals surface area contributed by atoms with Gasteiger partial charge >= 0.3 is 5.97 Å². The van der Waals surface area contributed by atoms with E-state index < -0.39 is 17.8 Å². The standard InChI is InChI=1S/C25H23FN6O2/c1-32(21-12-11-18(14-19(21)26)16-5-3-2-4-6-16)25-30-22(29-24(28)31-25)17-9-7-15(8-10-17)13-20(27)23(33)34/h2-12,14,20H,13,27H2,1H3,(H,33,34)(H2,28,29,30,31)/t20-/m0/s1. The molecule has 0 radical (unpaired) electrons. The second-order valence-electron chi connectivity index (χ2n) is 7.75. The highest BCUT2D eigenvalue weighted by Crippen LogP contribution is 2.29. The van der Waals surface area contributed by atoms with E-state index in [-0.39, 0.29) is 24.0 Å². The van der Waals surface area contributed by atoms with Gasteiger partial charge in [-0.15, -0.1) is 0 Å². The fraction of sp³-hybridized carbons (Fsp3) is 0.120. The molecule has 0 aliphatic heterocycles. The van der Waals surface area contributed by atoms with Crippen LogP contribution in [-0.4, -0.2) is 39.1 Å². The second-order valence-corrected chi connectivity index (χ2v) is 7.75. The van der Waals surface area contributed by atoms with E-state index >= 15 is 4.39 Å². The van der Waals surface area contributed by atoms with Gasteiger partial charge in [-0.2, -0.15) is 15.0 Å². The van der Waals surface area contributed by atoms with Crippen LogP contribution >= 0.6 is 0 Å². The van der Waals surface area contributed by atoms with Crippen molar-refractivity contribution in [2.75, 3.05) is 17.7 Å². The Morgan fingerprint density at radius 1 is 0.971 bits per heavy atom. The number of carboxylic acid groups (broad SMARTS) is 1. The van der Waals surface area contributed by atoms with Crippen molar-refractivity contribution in [1.82, 2.24) is 15.0 Å². The molecule has 0 bridgehead atoms. The number of aromatic nitrogens is 3. The largest absolute Gasteiger partial charge is 0.480 e. The van der Waals surface area contributed by atoms with E-state index in [1.807, 2.05) is 36.4 Å². The summed E-state index contributed by atoms with van der Waals surface area (Å²) >= 11 is 0. The Kier molecular flexibility index (Phi) is 6.46. The van der Waals surface area contributed by atoms with Crippen molar-refractivity contribution in [1.29, 1.82) is 0 Å². The van der Waals surface area contributed by atoms with Crippen LogP contribution in [0.5, 0.6) is 0 Å². The summed E-state index contributed by atoms with van der Waals surface area (Å²) in [6.45, 7) is 0. The summed E-state index contributed by atoms with van der Waals surface area (Å²) in [7, 11) is 1.65. The molecule has 34 heavy (non-hydrogen) atoms. The van der Waals surface area contributed by atoms with Gasteiger partial charge in [0.05, 0.1) is 5.69 Å². The average molecular weight is 458 g/mol. The number of nitrogens with two attached hydrogens (primary N) is 2. The van der Waals surface area contributed by atoms with Crippen molar-refractivity contribution in [2.45, 2.75) is 12.5 Å². The first kappa shape index (κ1) is 22.8. The zero-order valence-electron chi connectivity index (χ0n) is 18.4. The van der Waals surface area contributed by atoms with Gasteiger partial charge in [-0.25, -0.2) is 4.39 Å². The maximum Gasteiger partial charge on any atom is 0.320 e. The lowest BCUT2D eigenvalue weighted by Crippen LogP contribution is -2.32. The third-order valence-electron chi connectivity index (χ3n) is 5.34. The molecule has 0 fully saturated rings. The molecule has 9 heteroatoms. The number of nitrogen functional groups attached to an aromatic ring is 1. The third kappa shape index (κ3) is 5.00. The first-order valence-corrected chi connectivity index (χ1v) is 10.5. The van der Waals surface area contributed by atoms with Crippen molar-refractivity contribution < 1.29 is 14.3 Å². The maximum absolute atomic E-state index is 15.0. The highest BCUT2D eigenvalue weighted by Gasteiger charge is 2.17. The number of halogens is 1. The van der Waals surface area contributed by atoms with Crippen LogP contribution in [-0.2, 0) is 11.2 Å². The lowest BCUT2D eigenvalue weighted by molar-refractivity contribution is -0.138. The number of carboxylic acids is 1. The van der Waals surface area contributed by atoms with Crippen molar-refractivity contribution in [3.8, 4) is 22.5 Å². The van der Waals surface area contributed by atoms with E-state index in [4.69, 9.17) is 16.6 Å². The Balaban J connectivity index is 1.60. The molecule has 3 aromatic carbocycles. The van der Waals surface area contributed by atoms with E-state index in [1.165, 1.54) is 11.0 Å². The van der Waals surface area contributed by atoms with E-state index in [0.717, 1.165) is 16.7 Å². The molecule has 4 aromatic rings. The first-order chi connectivity index (χ1) is 16.3. The van der Waals surface area contributed by atoms with Crippen LogP contribution in [0, 0.1) is 5.82 Å². The van der Waals surface area contributed by atoms with Gasteiger partial charge in [0.2, 0.25) is 11.9 Å². The lowest BCUT2D eigenvalue weighted by Gasteiger charge is -2.19. The zero-order valence-corrected chi connectivity index (χ0v) is 18.4. The predicted molar refractivity (Wildman–Crippen MR) is 129 cm³/mol. The van der Waals surface area contributed by atoms with Crippen LogP contribution in [0.2, 0.25) is 0 Å². The van der Waals surface area contributed by atoms with Crippen LogP contribution in [0.1, 0.15) is 5.56 Å². The Morgan fingerprint density at radius 2 is 1.65 bits per heavy atom. The molecule has 0 amide bonds. The molecular formula is C25H23FN6O2. The summed E-state index contributed by atoms with van der Waals surface area (Å²) in [6.07, 6.45) is 0.196. The molecule has 4 rings (SSSR count). The van der Waals surface area contributed by atoms with Gasteiger partial charge in [0.25, 0.3) is 0 Å². The smallest absolute Gasteiger partial charge is 0.320 e. The summed E-state index contributed by atoms with van der Waals surface area (Å²) in [6, 6.07) is 20.5. The van der Waals surface area contributed by atoms with Gasteiger partial charge in [0, 0.05) is 12.6 Å². The highest BCUT2D eigenvalue weighted by atomic mass is 19.1. The SMILES string of the molecule is CN(c1nc(N)nc(-c2ccc(C[C@H](N)C(=O)O)cc2)n1)c1ccc(-c2ccccc2)cc1F. The fourth-order valence-corrected chi connectivity index (χ4v) is 3.49. The first-order valence-electron chi connectivity index (χ1n) is 10.5. The molecule has 1 aromatic heterocycles. The van der Waals surface area contributed by atoms with E-state index in [2.05, 4.69) is 15.0 Å². The number of benzene rings is 3. The Hall–Kier alpha value is -4.37. The van der Waals surface area contributed by atoms with Crippen molar-refractivity contribution in [2.24, 2.45) is 5.73 Å². The van der Waals surface area contributed by atoms with Gasteiger partial charge in [0.15, 0.2) is 5.82 Å². The number of hydrogen-bond acceptors (Lipinski definition) is 7. The summed E-state index contributed by atoms with van der Waals surface area (Å²) < 4.78 is 15.0. The number of rotatable bonds is 7. The molecule has 0 unspecified atom stereocenters. The molecule has 0 saturated carbocycles. The lowest BCUT2D eigenvalue weighted by atomic mass is 10.0. The molecular weight excluding hydrogens is 435 g/mol. The van der Waals surface area contributed by atoms with Gasteiger partial charge < -0.3 is 21.5 Å². The molecule has 0 aliphatic rings. The zero-order chi connectivity index (χ0) is 24.2. The van der Waals surface area contributed by atoms with Crippen LogP contribution in [0.3, 0.4) is 0 Å². The Bertz CT molecular complexity index is 1320. The molecule has 0 aliphatic carbocycles. The number of anilines is 3. The topological polar surface area (TPSA) is 131 Å². The van der Waals surface area contributed by atoms with Crippen LogP contribution in [0.25, 0.3) is 22.5 Å². The summed E-state index contributed by atoms with van der Waals surface area (Å²) in [5, 5.41) is 8.98. The fourth-order valence-electron chi connectivity index (χ4n) is 3.49. The molecule has 0 saturated heterocycles. The van der Waals surface area contributed by atoms with Gasteiger partial charge in [-0.3, -0.25) is 4.79 Å². The van der Waals surface area contributed by atoms with Gasteiger partial charge in [-0.05, 0) is 35.2 Å². The number of aliphatic carboxylic acids is 1. The highest BCUT2D eigenvalue weighted by molar-refractivity contribution is 5.73. The Labute approximate surface area is 195 Å². The summed E-state index contributed by atoms with van der Waals surface area (Å²) in [5.41, 5.74) is 14.9. The normalized spacial score (nSPS) is 11.7. The van der Waals surface area contributed by atoms with Crippen LogP contribution in [0.15, 0.2) is 72.8 Å². The van der Waals surface area contributed by atoms with E-state index in [1.54, 1.807) is 37.4 Å². The van der Waals surface area contributed by atoms with Crippen LogP contribution < -0.4 is 16.4 Å². The molecule has 0 spiro atoms. The van der Waals surface area contributed by atoms with Crippen molar-refractivity contribution in [3.05, 3.63) is 84.2 Å². The average Bonchev–Trinajstić information content (AvgIpc) is 2.84.